The van der Waals surface area contributed by atoms with Crippen LogP contribution in [-0.2, 0) is 4.79 Å². The Hall–Kier alpha value is -4.17. The number of para-hydroxylation sites is 1. The highest BCUT2D eigenvalue weighted by Crippen LogP contribution is 2.24. The van der Waals surface area contributed by atoms with Crippen molar-refractivity contribution in [2.75, 3.05) is 26.7 Å². The molecular weight excluding hydrogens is 524 g/mol. The zero-order chi connectivity index (χ0) is 29.9. The van der Waals surface area contributed by atoms with Gasteiger partial charge in [-0.2, -0.15) is 0 Å². The molecule has 0 bridgehead atoms. The number of nitrogens with zero attached hydrogens (tertiary/aromatic N) is 3. The lowest BCUT2D eigenvalue weighted by Crippen LogP contribution is -2.34. The highest BCUT2D eigenvalue weighted by Gasteiger charge is 2.27. The van der Waals surface area contributed by atoms with Gasteiger partial charge < -0.3 is 20.7 Å². The Balaban J connectivity index is 1.39. The summed E-state index contributed by atoms with van der Waals surface area (Å²) in [7, 11) is 2.15. The van der Waals surface area contributed by atoms with E-state index in [1.54, 1.807) is 13.0 Å². The van der Waals surface area contributed by atoms with Gasteiger partial charge in [0, 0.05) is 43.0 Å². The summed E-state index contributed by atoms with van der Waals surface area (Å²) in [5.74, 6) is 1.91. The number of ether oxygens (including phenoxy) is 1. The first kappa shape index (κ1) is 30.8. The van der Waals surface area contributed by atoms with Gasteiger partial charge in [-0.15, -0.1) is 0 Å². The van der Waals surface area contributed by atoms with E-state index in [-0.39, 0.29) is 17.7 Å². The number of hydrogen-bond acceptors (Lipinski definition) is 6. The molecule has 1 aliphatic carbocycles. The fraction of sp³-hybridized carbons (Fsp3) is 0.382. The molecule has 1 saturated carbocycles. The third-order valence-corrected chi connectivity index (χ3v) is 7.88. The van der Waals surface area contributed by atoms with Gasteiger partial charge in [-0.05, 0) is 75.8 Å². The first-order valence-electron chi connectivity index (χ1n) is 14.9. The van der Waals surface area contributed by atoms with Crippen molar-refractivity contribution in [3.8, 4) is 11.5 Å². The number of nitrogens with two attached hydrogens (primary N) is 1. The first-order valence-corrected chi connectivity index (χ1v) is 14.9. The van der Waals surface area contributed by atoms with Crippen molar-refractivity contribution in [3.63, 3.8) is 0 Å². The smallest absolute Gasteiger partial charge is 0.246 e. The maximum Gasteiger partial charge on any atom is 0.246 e. The predicted molar refractivity (Wildman–Crippen MR) is 171 cm³/mol. The van der Waals surface area contributed by atoms with E-state index in [2.05, 4.69) is 23.8 Å². The second kappa shape index (κ2) is 15.2. The molecule has 0 spiro atoms. The minimum absolute atomic E-state index is 0.0132. The van der Waals surface area contributed by atoms with Crippen LogP contribution < -0.4 is 15.8 Å². The van der Waals surface area contributed by atoms with Crippen LogP contribution in [0, 0.1) is 5.41 Å². The molecule has 2 fully saturated rings. The Morgan fingerprint density at radius 1 is 1.12 bits per heavy atom. The van der Waals surface area contributed by atoms with Crippen molar-refractivity contribution in [1.82, 2.24) is 15.1 Å². The molecule has 1 unspecified atom stereocenters. The summed E-state index contributed by atoms with van der Waals surface area (Å²) in [6, 6.07) is 17.4. The molecule has 0 aromatic heterocycles. The second-order valence-electron chi connectivity index (χ2n) is 11.1. The number of benzene rings is 2. The van der Waals surface area contributed by atoms with Crippen molar-refractivity contribution in [1.29, 1.82) is 5.41 Å². The van der Waals surface area contributed by atoms with E-state index in [0.29, 0.717) is 47.6 Å². The van der Waals surface area contributed by atoms with Crippen molar-refractivity contribution in [3.05, 3.63) is 96.4 Å². The highest BCUT2D eigenvalue weighted by atomic mass is 16.5. The van der Waals surface area contributed by atoms with E-state index < -0.39 is 0 Å². The second-order valence-corrected chi connectivity index (χ2v) is 11.1. The van der Waals surface area contributed by atoms with Crippen LogP contribution in [0.5, 0.6) is 11.5 Å². The number of allylic oxidation sites excluding steroid dienone is 1. The fourth-order valence-corrected chi connectivity index (χ4v) is 5.56. The monoisotopic (exact) mass is 568 g/mol. The van der Waals surface area contributed by atoms with Gasteiger partial charge in [0.1, 0.15) is 17.3 Å². The molecule has 1 amide bonds. The predicted octanol–water partition coefficient (Wildman–Crippen LogP) is 5.63. The molecule has 42 heavy (non-hydrogen) atoms. The van der Waals surface area contributed by atoms with E-state index in [4.69, 9.17) is 20.9 Å². The number of likely N-dealkylation sites (N-methyl/N-ethyl adjacent to an activating group) is 1. The summed E-state index contributed by atoms with van der Waals surface area (Å²) in [6.07, 6.45) is 12.4. The molecule has 4 N–H and O–H groups in total. The number of rotatable bonds is 11. The Kier molecular flexibility index (Phi) is 11.1. The largest absolute Gasteiger partial charge is 0.457 e. The molecule has 2 aliphatic rings. The molecular formula is C34H44N6O2. The number of carbonyl (C=O) groups is 1. The van der Waals surface area contributed by atoms with Crippen molar-refractivity contribution < 1.29 is 9.53 Å². The quantitative estimate of drug-likeness (QED) is 0.185. The normalized spacial score (nSPS) is 18.7. The SMILES string of the molecule is C=CNC(=NC1CCN(C(=O)/C=C/CN(C)C2CCCCC2)C1)/C(C(=N)c1ccc(Oc2ccccc2)cc1)=C(\C)N. The molecule has 4 rings (SSSR count). The lowest BCUT2D eigenvalue weighted by Gasteiger charge is -2.30. The van der Waals surface area contributed by atoms with Gasteiger partial charge in [0.15, 0.2) is 0 Å². The zero-order valence-electron chi connectivity index (χ0n) is 24.9. The van der Waals surface area contributed by atoms with Gasteiger partial charge >= 0.3 is 0 Å². The number of amides is 1. The van der Waals surface area contributed by atoms with Crippen LogP contribution in [-0.4, -0.2) is 66.0 Å². The van der Waals surface area contributed by atoms with Gasteiger partial charge in [-0.25, -0.2) is 0 Å². The Bertz CT molecular complexity index is 1310. The number of hydrogen-bond donors (Lipinski definition) is 3. The van der Waals surface area contributed by atoms with Crippen LogP contribution in [0.2, 0.25) is 0 Å². The van der Waals surface area contributed by atoms with Gasteiger partial charge in [0.2, 0.25) is 5.91 Å². The third kappa shape index (κ3) is 8.42. The van der Waals surface area contributed by atoms with Gasteiger partial charge in [0.25, 0.3) is 0 Å². The van der Waals surface area contributed by atoms with E-state index in [1.165, 1.54) is 38.3 Å². The fourth-order valence-electron chi connectivity index (χ4n) is 5.56. The summed E-state index contributed by atoms with van der Waals surface area (Å²) in [5.41, 5.74) is 8.19. The van der Waals surface area contributed by atoms with Gasteiger partial charge in [-0.1, -0.05) is 50.1 Å². The van der Waals surface area contributed by atoms with Crippen LogP contribution >= 0.6 is 0 Å². The van der Waals surface area contributed by atoms with Crippen molar-refractivity contribution in [2.45, 2.75) is 57.5 Å². The van der Waals surface area contributed by atoms with Crippen LogP contribution in [0.25, 0.3) is 0 Å². The maximum absolute atomic E-state index is 12.9. The highest BCUT2D eigenvalue weighted by molar-refractivity contribution is 6.29. The molecule has 1 heterocycles. The summed E-state index contributed by atoms with van der Waals surface area (Å²) in [4.78, 5) is 22.0. The molecule has 1 aliphatic heterocycles. The average Bonchev–Trinajstić information content (AvgIpc) is 3.47. The number of carbonyl (C=O) groups excluding carboxylic acids is 1. The topological polar surface area (TPSA) is 107 Å². The molecule has 2 aromatic rings. The van der Waals surface area contributed by atoms with E-state index in [0.717, 1.165) is 18.7 Å². The summed E-state index contributed by atoms with van der Waals surface area (Å²) in [6.45, 7) is 7.50. The van der Waals surface area contributed by atoms with Crippen LogP contribution in [0.15, 0.2) is 95.8 Å². The number of amidine groups is 1. The van der Waals surface area contributed by atoms with E-state index in [9.17, 15) is 4.79 Å². The zero-order valence-corrected chi connectivity index (χ0v) is 24.9. The molecule has 1 atom stereocenters. The van der Waals surface area contributed by atoms with Crippen LogP contribution in [0.4, 0.5) is 0 Å². The van der Waals surface area contributed by atoms with Crippen molar-refractivity contribution in [2.24, 2.45) is 10.7 Å². The number of likely N-dealkylation sites (tertiary alicyclic amines) is 1. The summed E-state index contributed by atoms with van der Waals surface area (Å²) >= 11 is 0. The standard InChI is InChI=1S/C34H44N6O2/c1-4-37-34(32(25(2)35)33(36)26-17-19-30(20-18-26)42-29-14-9-6-10-15-29)38-27-21-23-40(24-27)31(41)16-11-22-39(3)28-12-7-5-8-13-28/h4,6,9-11,14-20,27-28,36H,1,5,7-8,12-13,21-24,35H2,2-3H3,(H,37,38)/b16-11+,32-25+,36-33?. The van der Waals surface area contributed by atoms with Gasteiger partial charge in [0.05, 0.1) is 17.3 Å². The Morgan fingerprint density at radius 2 is 1.81 bits per heavy atom. The minimum atomic E-state index is -0.112. The average molecular weight is 569 g/mol. The lowest BCUT2D eigenvalue weighted by atomic mass is 9.94. The third-order valence-electron chi connectivity index (χ3n) is 7.88. The Labute approximate surface area is 250 Å². The summed E-state index contributed by atoms with van der Waals surface area (Å²) < 4.78 is 5.89. The Morgan fingerprint density at radius 3 is 2.48 bits per heavy atom. The van der Waals surface area contributed by atoms with E-state index >= 15 is 0 Å². The molecule has 0 radical (unpaired) electrons. The first-order chi connectivity index (χ1) is 20.4. The van der Waals surface area contributed by atoms with Crippen LogP contribution in [0.3, 0.4) is 0 Å². The van der Waals surface area contributed by atoms with Crippen LogP contribution in [0.1, 0.15) is 51.0 Å². The minimum Gasteiger partial charge on any atom is -0.457 e. The summed E-state index contributed by atoms with van der Waals surface area (Å²) in [5, 5.41) is 12.1. The van der Waals surface area contributed by atoms with E-state index in [1.807, 2.05) is 65.6 Å². The molecule has 222 valence electrons. The maximum atomic E-state index is 12.9. The number of nitrogens with one attached hydrogen (secondary N) is 2. The molecule has 1 saturated heterocycles. The van der Waals surface area contributed by atoms with Crippen molar-refractivity contribution >= 4 is 17.5 Å². The number of aliphatic imine (C=N–C) groups is 1. The van der Waals surface area contributed by atoms with Gasteiger partial charge in [-0.3, -0.25) is 20.1 Å². The molecule has 2 aromatic carbocycles. The molecule has 8 nitrogen and oxygen atoms in total. The lowest BCUT2D eigenvalue weighted by molar-refractivity contribution is -0.125. The molecule has 8 heteroatoms.